The maximum Gasteiger partial charge on any atom is 0.327 e. The summed E-state index contributed by atoms with van der Waals surface area (Å²) < 4.78 is 12.9. The summed E-state index contributed by atoms with van der Waals surface area (Å²) in [5.74, 6) is 0.0215. The van der Waals surface area contributed by atoms with Gasteiger partial charge in [0.1, 0.15) is 11.9 Å². The van der Waals surface area contributed by atoms with Crippen molar-refractivity contribution in [3.63, 3.8) is 0 Å². The molecule has 0 fully saturated rings. The minimum absolute atomic E-state index is 0.0912. The number of hydrogen-bond acceptors (Lipinski definition) is 2. The van der Waals surface area contributed by atoms with Crippen LogP contribution in [0.4, 0.5) is 4.39 Å². The van der Waals surface area contributed by atoms with Gasteiger partial charge in [0.15, 0.2) is 0 Å². The summed E-state index contributed by atoms with van der Waals surface area (Å²) in [6, 6.07) is 4.43. The maximum absolute atomic E-state index is 12.9. The van der Waals surface area contributed by atoms with Crippen molar-refractivity contribution in [3.8, 4) is 12.3 Å². The van der Waals surface area contributed by atoms with E-state index in [1.807, 2.05) is 0 Å². The van der Waals surface area contributed by atoms with Crippen molar-refractivity contribution in [1.29, 1.82) is 0 Å². The Balaban J connectivity index is 2.61. The Hall–Kier alpha value is -2.35. The third-order valence-corrected chi connectivity index (χ3v) is 2.21. The van der Waals surface area contributed by atoms with E-state index in [9.17, 15) is 14.0 Å². The van der Waals surface area contributed by atoms with E-state index in [1.165, 1.54) is 18.2 Å². The average molecular weight is 249 g/mol. The molecule has 1 amide bonds. The van der Waals surface area contributed by atoms with E-state index in [2.05, 4.69) is 11.2 Å². The fourth-order valence-corrected chi connectivity index (χ4v) is 1.40. The van der Waals surface area contributed by atoms with Crippen molar-refractivity contribution in [2.24, 2.45) is 0 Å². The van der Waals surface area contributed by atoms with E-state index in [0.29, 0.717) is 5.56 Å². The number of carboxylic acids is 1. The van der Waals surface area contributed by atoms with Crippen molar-refractivity contribution in [2.75, 3.05) is 0 Å². The highest BCUT2D eigenvalue weighted by molar-refractivity contribution is 5.85. The molecule has 0 aliphatic rings. The molecule has 4 nitrogen and oxygen atoms in total. The van der Waals surface area contributed by atoms with Gasteiger partial charge in [-0.05, 0) is 17.7 Å². The zero-order chi connectivity index (χ0) is 13.5. The van der Waals surface area contributed by atoms with Crippen molar-refractivity contribution in [1.82, 2.24) is 5.32 Å². The zero-order valence-electron chi connectivity index (χ0n) is 9.52. The van der Waals surface area contributed by atoms with Crippen LogP contribution in [0.5, 0.6) is 0 Å². The van der Waals surface area contributed by atoms with E-state index < -0.39 is 23.7 Å². The van der Waals surface area contributed by atoms with Gasteiger partial charge in [-0.3, -0.25) is 4.79 Å². The molecule has 1 rings (SSSR count). The fourth-order valence-electron chi connectivity index (χ4n) is 1.40. The first-order chi connectivity index (χ1) is 8.52. The first kappa shape index (κ1) is 13.7. The molecule has 1 aromatic rings. The molecule has 0 heterocycles. The largest absolute Gasteiger partial charge is 0.480 e. The molecule has 18 heavy (non-hydrogen) atoms. The Morgan fingerprint density at radius 3 is 2.78 bits per heavy atom. The molecule has 5 heteroatoms. The van der Waals surface area contributed by atoms with Gasteiger partial charge in [-0.15, -0.1) is 12.3 Å². The van der Waals surface area contributed by atoms with E-state index in [1.54, 1.807) is 6.07 Å². The number of aliphatic carboxylic acids is 1. The highest BCUT2D eigenvalue weighted by Crippen LogP contribution is 2.04. The molecule has 0 aliphatic heterocycles. The van der Waals surface area contributed by atoms with Crippen LogP contribution in [-0.2, 0) is 16.0 Å². The van der Waals surface area contributed by atoms with Gasteiger partial charge in [-0.2, -0.15) is 0 Å². The first-order valence-electron chi connectivity index (χ1n) is 5.23. The normalized spacial score (nSPS) is 11.3. The van der Waals surface area contributed by atoms with Crippen LogP contribution in [0, 0.1) is 18.2 Å². The van der Waals surface area contributed by atoms with Gasteiger partial charge in [0.05, 0.1) is 6.42 Å². The highest BCUT2D eigenvalue weighted by atomic mass is 19.1. The van der Waals surface area contributed by atoms with Crippen LogP contribution in [0.15, 0.2) is 24.3 Å². The number of rotatable bonds is 5. The van der Waals surface area contributed by atoms with E-state index in [-0.39, 0.29) is 12.8 Å². The van der Waals surface area contributed by atoms with Crippen molar-refractivity contribution in [3.05, 3.63) is 35.6 Å². The minimum Gasteiger partial charge on any atom is -0.480 e. The Morgan fingerprint density at radius 1 is 1.50 bits per heavy atom. The number of benzene rings is 1. The van der Waals surface area contributed by atoms with Crippen LogP contribution in [0.3, 0.4) is 0 Å². The summed E-state index contributed by atoms with van der Waals surface area (Å²) in [5.41, 5.74) is 0.470. The quantitative estimate of drug-likeness (QED) is 0.764. The van der Waals surface area contributed by atoms with E-state index >= 15 is 0 Å². The number of terminal acetylenes is 1. The van der Waals surface area contributed by atoms with Crippen LogP contribution in [0.2, 0.25) is 0 Å². The zero-order valence-corrected chi connectivity index (χ0v) is 9.52. The lowest BCUT2D eigenvalue weighted by atomic mass is 10.1. The molecule has 0 aromatic heterocycles. The molecule has 1 aromatic carbocycles. The standard InChI is InChI=1S/C13H12FNO3/c1-2-4-11(13(17)18)15-12(16)8-9-5-3-6-10(14)7-9/h1,3,5-7,11H,4,8H2,(H,15,16)(H,17,18)/t11-/m0/s1. The van der Waals surface area contributed by atoms with Gasteiger partial charge in [0.25, 0.3) is 0 Å². The number of amides is 1. The molecule has 0 aliphatic carbocycles. The number of nitrogens with one attached hydrogen (secondary N) is 1. The molecule has 0 saturated heterocycles. The number of halogens is 1. The van der Waals surface area contributed by atoms with Crippen LogP contribution in [-0.4, -0.2) is 23.0 Å². The predicted octanol–water partition coefficient (Wildman–Crippen LogP) is 0.961. The second-order valence-corrected chi connectivity index (χ2v) is 3.67. The topological polar surface area (TPSA) is 66.4 Å². The number of carbonyl (C=O) groups is 2. The average Bonchev–Trinajstić information content (AvgIpc) is 2.28. The Labute approximate surface area is 104 Å². The SMILES string of the molecule is C#CC[C@H](NC(=O)Cc1cccc(F)c1)C(=O)O. The smallest absolute Gasteiger partial charge is 0.327 e. The van der Waals surface area contributed by atoms with Crippen LogP contribution in [0.1, 0.15) is 12.0 Å². The molecule has 0 saturated carbocycles. The minimum atomic E-state index is -1.19. The molecular formula is C13H12FNO3. The van der Waals surface area contributed by atoms with Crippen LogP contribution < -0.4 is 5.32 Å². The molecule has 0 spiro atoms. The molecule has 0 bridgehead atoms. The van der Waals surface area contributed by atoms with Gasteiger partial charge in [-0.1, -0.05) is 12.1 Å². The lowest BCUT2D eigenvalue weighted by molar-refractivity contribution is -0.141. The lowest BCUT2D eigenvalue weighted by Gasteiger charge is -2.11. The van der Waals surface area contributed by atoms with Gasteiger partial charge >= 0.3 is 5.97 Å². The van der Waals surface area contributed by atoms with Crippen LogP contribution >= 0.6 is 0 Å². The summed E-state index contributed by atoms with van der Waals surface area (Å²) in [4.78, 5) is 22.3. The Kier molecular flexibility index (Phi) is 4.88. The fraction of sp³-hybridized carbons (Fsp3) is 0.231. The second kappa shape index (κ2) is 6.40. The number of carbonyl (C=O) groups excluding carboxylic acids is 1. The molecule has 0 radical (unpaired) electrons. The lowest BCUT2D eigenvalue weighted by Crippen LogP contribution is -2.41. The molecule has 94 valence electrons. The van der Waals surface area contributed by atoms with E-state index in [4.69, 9.17) is 11.5 Å². The van der Waals surface area contributed by atoms with Crippen LogP contribution in [0.25, 0.3) is 0 Å². The summed E-state index contributed by atoms with van der Waals surface area (Å²) in [6.45, 7) is 0. The monoisotopic (exact) mass is 249 g/mol. The third kappa shape index (κ3) is 4.26. The van der Waals surface area contributed by atoms with E-state index in [0.717, 1.165) is 0 Å². The van der Waals surface area contributed by atoms with Gasteiger partial charge in [0, 0.05) is 6.42 Å². The molecule has 0 unspecified atom stereocenters. The van der Waals surface area contributed by atoms with Crippen molar-refractivity contribution >= 4 is 11.9 Å². The second-order valence-electron chi connectivity index (χ2n) is 3.67. The van der Waals surface area contributed by atoms with Crippen molar-refractivity contribution < 1.29 is 19.1 Å². The summed E-state index contributed by atoms with van der Waals surface area (Å²) >= 11 is 0. The predicted molar refractivity (Wildman–Crippen MR) is 63.1 cm³/mol. The summed E-state index contributed by atoms with van der Waals surface area (Å²) in [7, 11) is 0. The number of hydrogen-bond donors (Lipinski definition) is 2. The Morgan fingerprint density at radius 2 is 2.22 bits per heavy atom. The highest BCUT2D eigenvalue weighted by Gasteiger charge is 2.18. The summed E-state index contributed by atoms with van der Waals surface area (Å²) in [6.07, 6.45) is 4.82. The maximum atomic E-state index is 12.9. The Bertz CT molecular complexity index is 493. The first-order valence-corrected chi connectivity index (χ1v) is 5.23. The molecular weight excluding hydrogens is 237 g/mol. The molecule has 2 N–H and O–H groups in total. The summed E-state index contributed by atoms with van der Waals surface area (Å²) in [5, 5.41) is 11.1. The van der Waals surface area contributed by atoms with Gasteiger partial charge in [0.2, 0.25) is 5.91 Å². The van der Waals surface area contributed by atoms with Gasteiger partial charge in [-0.25, -0.2) is 9.18 Å². The molecule has 1 atom stereocenters. The van der Waals surface area contributed by atoms with Crippen molar-refractivity contribution in [2.45, 2.75) is 18.9 Å². The third-order valence-electron chi connectivity index (χ3n) is 2.21. The number of carboxylic acid groups (broad SMARTS) is 1. The van der Waals surface area contributed by atoms with Gasteiger partial charge < -0.3 is 10.4 Å².